The first kappa shape index (κ1) is 27.5. The molecule has 0 bridgehead atoms. The molecule has 200 valence electrons. The van der Waals surface area contributed by atoms with Gasteiger partial charge in [-0.05, 0) is 55.7 Å². The van der Waals surface area contributed by atoms with Gasteiger partial charge in [0, 0.05) is 12.7 Å². The van der Waals surface area contributed by atoms with Gasteiger partial charge in [-0.3, -0.25) is 24.5 Å². The number of aryl methyl sites for hydroxylation is 1. The van der Waals surface area contributed by atoms with Crippen molar-refractivity contribution in [1.29, 1.82) is 0 Å². The van der Waals surface area contributed by atoms with Crippen molar-refractivity contribution in [2.45, 2.75) is 39.3 Å². The predicted molar refractivity (Wildman–Crippen MR) is 134 cm³/mol. The number of pyridine rings is 1. The lowest BCUT2D eigenvalue weighted by Gasteiger charge is -2.18. The Morgan fingerprint density at radius 1 is 1.00 bits per heavy atom. The van der Waals surface area contributed by atoms with Crippen molar-refractivity contribution in [3.05, 3.63) is 71.4 Å². The van der Waals surface area contributed by atoms with Crippen LogP contribution in [0.1, 0.15) is 39.1 Å². The third-order valence-corrected chi connectivity index (χ3v) is 10.9. The van der Waals surface area contributed by atoms with Crippen LogP contribution < -0.4 is 10.2 Å². The number of carbonyl (C=O) groups is 3. The number of sulfonamides is 1. The first-order valence-corrected chi connectivity index (χ1v) is 14.9. The molecule has 1 aliphatic heterocycles. The van der Waals surface area contributed by atoms with Crippen LogP contribution in [0.3, 0.4) is 0 Å². The second kappa shape index (κ2) is 10.7. The normalized spacial score (nSPS) is 14.4. The molecule has 3 amide bonds. The predicted octanol–water partition coefficient (Wildman–Crippen LogP) is 1.51. The molecule has 2 aromatic heterocycles. The van der Waals surface area contributed by atoms with Gasteiger partial charge in [0.2, 0.25) is 9.84 Å². The fourth-order valence-electron chi connectivity index (χ4n) is 3.77. The fraction of sp³-hybridized carbons (Fsp3) is 0.217. The minimum Gasteiger partial charge on any atom is -0.289 e. The highest BCUT2D eigenvalue weighted by Crippen LogP contribution is 2.30. The second-order valence-electron chi connectivity index (χ2n) is 8.35. The number of thiophene rings is 1. The van der Waals surface area contributed by atoms with E-state index in [0.717, 1.165) is 22.6 Å². The van der Waals surface area contributed by atoms with Crippen molar-refractivity contribution in [3.63, 3.8) is 0 Å². The highest BCUT2D eigenvalue weighted by atomic mass is 32.3. The highest BCUT2D eigenvalue weighted by Gasteiger charge is 2.35. The van der Waals surface area contributed by atoms with E-state index < -0.39 is 43.6 Å². The third kappa shape index (κ3) is 5.37. The summed E-state index contributed by atoms with van der Waals surface area (Å²) in [7, 11) is -8.47. The lowest BCUT2D eigenvalue weighted by Crippen LogP contribution is -2.46. The van der Waals surface area contributed by atoms with Gasteiger partial charge in [-0.2, -0.15) is 4.72 Å². The Balaban J connectivity index is 1.46. The number of carbonyl (C=O) groups excluding carboxylic acids is 3. The Bertz CT molecular complexity index is 1580. The van der Waals surface area contributed by atoms with Gasteiger partial charge in [0.05, 0.1) is 11.1 Å². The van der Waals surface area contributed by atoms with E-state index in [-0.39, 0.29) is 44.0 Å². The number of hydrogen-bond donors (Lipinski definition) is 3. The van der Waals surface area contributed by atoms with Gasteiger partial charge in [-0.25, -0.2) is 27.3 Å². The molecule has 15 heteroatoms. The molecule has 0 fully saturated rings. The smallest absolute Gasteiger partial charge is 0.261 e. The molecule has 3 aromatic rings. The Morgan fingerprint density at radius 3 is 2.21 bits per heavy atom. The molecular formula is C23H22N4O8S3. The molecule has 1 aromatic carbocycles. The molecule has 1 aliphatic rings. The summed E-state index contributed by atoms with van der Waals surface area (Å²) in [6, 6.07) is 9.91. The van der Waals surface area contributed by atoms with Crippen LogP contribution in [0.4, 0.5) is 0 Å². The van der Waals surface area contributed by atoms with Gasteiger partial charge in [0.1, 0.15) is 14.5 Å². The van der Waals surface area contributed by atoms with E-state index in [2.05, 4.69) is 9.71 Å². The molecule has 0 radical (unpaired) electrons. The number of hydroxylamine groups is 1. The number of imide groups is 1. The molecule has 3 heterocycles. The zero-order chi connectivity index (χ0) is 27.7. The maximum absolute atomic E-state index is 13.0. The Hall–Kier alpha value is -3.50. The monoisotopic (exact) mass is 578 g/mol. The summed E-state index contributed by atoms with van der Waals surface area (Å²) in [4.78, 5) is 42.1. The van der Waals surface area contributed by atoms with E-state index >= 15 is 0 Å². The van der Waals surface area contributed by atoms with Crippen molar-refractivity contribution in [2.24, 2.45) is 0 Å². The number of nitrogens with one attached hydrogen (secondary N) is 2. The molecule has 0 aliphatic carbocycles. The Labute approximate surface area is 222 Å². The summed E-state index contributed by atoms with van der Waals surface area (Å²) < 4.78 is 53.1. The SMILES string of the molecule is Cc1ccc(S(=O)(=O)c2ccc(S(=O)(=O)N[C@H](CCCN3C(=O)c4ccccc4C3=O)C(=O)NO)s2)nc1. The summed E-state index contributed by atoms with van der Waals surface area (Å²) in [5, 5.41) is 8.86. The first-order valence-electron chi connectivity index (χ1n) is 11.1. The van der Waals surface area contributed by atoms with Gasteiger partial charge >= 0.3 is 0 Å². The minimum absolute atomic E-state index is 0.0369. The van der Waals surface area contributed by atoms with Gasteiger partial charge in [0.25, 0.3) is 27.7 Å². The van der Waals surface area contributed by atoms with E-state index in [1.54, 1.807) is 25.1 Å². The maximum Gasteiger partial charge on any atom is 0.261 e. The van der Waals surface area contributed by atoms with Crippen LogP contribution in [-0.2, 0) is 24.7 Å². The number of amides is 3. The lowest BCUT2D eigenvalue weighted by molar-refractivity contribution is -0.131. The zero-order valence-electron chi connectivity index (χ0n) is 19.8. The average molecular weight is 579 g/mol. The molecule has 3 N–H and O–H groups in total. The van der Waals surface area contributed by atoms with E-state index in [9.17, 15) is 31.2 Å². The average Bonchev–Trinajstić information content (AvgIpc) is 3.49. The number of sulfone groups is 1. The molecule has 0 unspecified atom stereocenters. The van der Waals surface area contributed by atoms with Crippen LogP contribution in [0.2, 0.25) is 0 Å². The Morgan fingerprint density at radius 2 is 1.63 bits per heavy atom. The molecule has 4 rings (SSSR count). The van der Waals surface area contributed by atoms with Crippen LogP contribution in [0, 0.1) is 6.92 Å². The Kier molecular flexibility index (Phi) is 7.75. The number of nitrogens with zero attached hydrogens (tertiary/aromatic N) is 2. The van der Waals surface area contributed by atoms with E-state index in [0.29, 0.717) is 11.3 Å². The number of fused-ring (bicyclic) bond motifs is 1. The summed E-state index contributed by atoms with van der Waals surface area (Å²) in [6.07, 6.45) is 1.23. The standard InChI is InChI=1S/C23H22N4O8S3/c1-14-8-9-18(24-13-14)37(32,33)19-10-11-20(36-19)38(34,35)26-17(21(28)25-31)7-4-12-27-22(29)15-5-2-3-6-16(15)23(27)30/h2-3,5-6,8-11,13,17,26,31H,4,7,12H2,1H3,(H,25,28)/t17-/m1/s1. The largest absolute Gasteiger partial charge is 0.289 e. The highest BCUT2D eigenvalue weighted by molar-refractivity contribution is 7.95. The van der Waals surface area contributed by atoms with Crippen LogP contribution in [0.15, 0.2) is 68.2 Å². The van der Waals surface area contributed by atoms with Crippen molar-refractivity contribution < 1.29 is 36.4 Å². The van der Waals surface area contributed by atoms with Crippen molar-refractivity contribution in [1.82, 2.24) is 20.1 Å². The second-order valence-corrected chi connectivity index (χ2v) is 13.5. The van der Waals surface area contributed by atoms with Crippen molar-refractivity contribution in [3.8, 4) is 0 Å². The van der Waals surface area contributed by atoms with Gasteiger partial charge in [-0.15, -0.1) is 11.3 Å². The number of rotatable bonds is 10. The van der Waals surface area contributed by atoms with Crippen LogP contribution in [-0.4, -0.2) is 62.2 Å². The number of benzene rings is 1. The quantitative estimate of drug-likeness (QED) is 0.183. The van der Waals surface area contributed by atoms with E-state index in [4.69, 9.17) is 5.21 Å². The van der Waals surface area contributed by atoms with Crippen molar-refractivity contribution >= 4 is 48.9 Å². The third-order valence-electron chi connectivity index (χ3n) is 5.72. The fourth-order valence-corrected chi connectivity index (χ4v) is 8.07. The van der Waals surface area contributed by atoms with E-state index in [1.807, 2.05) is 0 Å². The van der Waals surface area contributed by atoms with Gasteiger partial charge in [0.15, 0.2) is 5.03 Å². The molecule has 12 nitrogen and oxygen atoms in total. The summed E-state index contributed by atoms with van der Waals surface area (Å²) >= 11 is 0.475. The minimum atomic E-state index is -4.39. The molecular weight excluding hydrogens is 556 g/mol. The molecule has 38 heavy (non-hydrogen) atoms. The first-order chi connectivity index (χ1) is 18.0. The molecule has 1 atom stereocenters. The summed E-state index contributed by atoms with van der Waals surface area (Å²) in [5.74, 6) is -2.06. The molecule has 0 saturated heterocycles. The van der Waals surface area contributed by atoms with Crippen LogP contribution >= 0.6 is 11.3 Å². The zero-order valence-corrected chi connectivity index (χ0v) is 22.3. The number of aromatic nitrogens is 1. The van der Waals surface area contributed by atoms with Crippen molar-refractivity contribution in [2.75, 3.05) is 6.54 Å². The maximum atomic E-state index is 13.0. The number of hydrogen-bond acceptors (Lipinski definition) is 10. The summed E-state index contributed by atoms with van der Waals surface area (Å²) in [6.45, 7) is 1.65. The van der Waals surface area contributed by atoms with Gasteiger partial charge < -0.3 is 0 Å². The summed E-state index contributed by atoms with van der Waals surface area (Å²) in [5.41, 5.74) is 2.65. The van der Waals surface area contributed by atoms with E-state index in [1.165, 1.54) is 29.9 Å². The van der Waals surface area contributed by atoms with Crippen LogP contribution in [0.25, 0.3) is 0 Å². The topological polar surface area (TPSA) is 180 Å². The van der Waals surface area contributed by atoms with Crippen LogP contribution in [0.5, 0.6) is 0 Å². The molecule has 0 saturated carbocycles. The van der Waals surface area contributed by atoms with Gasteiger partial charge in [-0.1, -0.05) is 18.2 Å². The molecule has 0 spiro atoms. The lowest BCUT2D eigenvalue weighted by atomic mass is 10.1.